The van der Waals surface area contributed by atoms with Gasteiger partial charge in [-0.15, -0.1) is 0 Å². The molecule has 94 valence electrons. The summed E-state index contributed by atoms with van der Waals surface area (Å²) in [6, 6.07) is 0. The largest absolute Gasteiger partial charge is 0.441 e. The van der Waals surface area contributed by atoms with Gasteiger partial charge in [-0.25, -0.2) is 0 Å². The van der Waals surface area contributed by atoms with Crippen molar-refractivity contribution in [2.45, 2.75) is 25.7 Å². The standard InChI is InChI=1S/C11H24N2O2Si/c1-14-16(15-2,13-9-5-6-10-13)11-12-7-3-4-8-12/h3-11H2,1-2H3. The minimum absolute atomic E-state index is 1.01. The first-order valence-electron chi connectivity index (χ1n) is 6.38. The summed E-state index contributed by atoms with van der Waals surface area (Å²) in [6.45, 7) is 4.74. The predicted molar refractivity (Wildman–Crippen MR) is 66.3 cm³/mol. The molecule has 5 heteroatoms. The topological polar surface area (TPSA) is 24.9 Å². The van der Waals surface area contributed by atoms with E-state index in [9.17, 15) is 0 Å². The Morgan fingerprint density at radius 2 is 1.38 bits per heavy atom. The zero-order valence-corrected chi connectivity index (χ0v) is 11.6. The lowest BCUT2D eigenvalue weighted by Gasteiger charge is -2.37. The van der Waals surface area contributed by atoms with Crippen LogP contribution in [0.25, 0.3) is 0 Å². The minimum Gasteiger partial charge on any atom is -0.385 e. The van der Waals surface area contributed by atoms with Crippen molar-refractivity contribution in [2.24, 2.45) is 0 Å². The summed E-state index contributed by atoms with van der Waals surface area (Å²) in [4.78, 5) is 2.51. The Balaban J connectivity index is 2.00. The van der Waals surface area contributed by atoms with Crippen molar-refractivity contribution in [1.82, 2.24) is 9.47 Å². The molecule has 0 spiro atoms. The number of rotatable bonds is 5. The highest BCUT2D eigenvalue weighted by Crippen LogP contribution is 2.22. The minimum atomic E-state index is -2.12. The molecule has 2 rings (SSSR count). The molecular formula is C11H24N2O2Si. The van der Waals surface area contributed by atoms with E-state index in [1.54, 1.807) is 0 Å². The van der Waals surface area contributed by atoms with Crippen LogP contribution in [0.1, 0.15) is 25.7 Å². The van der Waals surface area contributed by atoms with Gasteiger partial charge < -0.3 is 13.8 Å². The Hall–Kier alpha value is 0.0569. The molecule has 0 unspecified atom stereocenters. The van der Waals surface area contributed by atoms with Gasteiger partial charge in [0.15, 0.2) is 0 Å². The molecule has 2 heterocycles. The molecule has 2 fully saturated rings. The molecule has 0 radical (unpaired) electrons. The van der Waals surface area contributed by atoms with E-state index < -0.39 is 8.72 Å². The summed E-state index contributed by atoms with van der Waals surface area (Å²) >= 11 is 0. The van der Waals surface area contributed by atoms with Crippen molar-refractivity contribution in [3.8, 4) is 0 Å². The average Bonchev–Trinajstić information content (AvgIpc) is 2.99. The highest BCUT2D eigenvalue weighted by molar-refractivity contribution is 6.64. The second kappa shape index (κ2) is 5.60. The van der Waals surface area contributed by atoms with Crippen molar-refractivity contribution in [3.05, 3.63) is 0 Å². The van der Waals surface area contributed by atoms with Crippen LogP contribution in [0, 0.1) is 0 Å². The lowest BCUT2D eigenvalue weighted by molar-refractivity contribution is 0.154. The van der Waals surface area contributed by atoms with Crippen molar-refractivity contribution >= 4 is 8.72 Å². The smallest absolute Gasteiger partial charge is 0.385 e. The first kappa shape index (κ1) is 12.5. The molecule has 2 aliphatic rings. The Bertz CT molecular complexity index is 212. The van der Waals surface area contributed by atoms with Crippen LogP contribution >= 0.6 is 0 Å². The quantitative estimate of drug-likeness (QED) is 0.672. The first-order valence-corrected chi connectivity index (χ1v) is 8.35. The van der Waals surface area contributed by atoms with Gasteiger partial charge in [0.1, 0.15) is 0 Å². The van der Waals surface area contributed by atoms with Crippen LogP contribution in [-0.2, 0) is 8.85 Å². The molecule has 0 aromatic rings. The Morgan fingerprint density at radius 1 is 0.875 bits per heavy atom. The Morgan fingerprint density at radius 3 is 1.88 bits per heavy atom. The van der Waals surface area contributed by atoms with Gasteiger partial charge in [-0.3, -0.25) is 4.57 Å². The summed E-state index contributed by atoms with van der Waals surface area (Å²) in [6.07, 6.45) is 6.26. The van der Waals surface area contributed by atoms with Crippen molar-refractivity contribution in [1.29, 1.82) is 0 Å². The molecule has 0 aromatic heterocycles. The highest BCUT2D eigenvalue weighted by Gasteiger charge is 2.46. The van der Waals surface area contributed by atoms with E-state index in [-0.39, 0.29) is 0 Å². The zero-order chi connectivity index (χ0) is 11.4. The number of nitrogens with zero attached hydrogens (tertiary/aromatic N) is 2. The number of likely N-dealkylation sites (tertiary alicyclic amines) is 1. The SMILES string of the molecule is CO[Si](CN1CCCC1)(OC)N1CCCC1. The second-order valence-corrected chi connectivity index (χ2v) is 7.99. The third-order valence-electron chi connectivity index (χ3n) is 3.85. The second-order valence-electron chi connectivity index (χ2n) is 4.80. The van der Waals surface area contributed by atoms with Gasteiger partial charge in [0.25, 0.3) is 0 Å². The first-order chi connectivity index (χ1) is 7.80. The fraction of sp³-hybridized carbons (Fsp3) is 1.00. The number of hydrogen-bond donors (Lipinski definition) is 0. The molecule has 2 saturated heterocycles. The molecule has 0 bridgehead atoms. The average molecular weight is 244 g/mol. The van der Waals surface area contributed by atoms with Gasteiger partial charge in [-0.1, -0.05) is 0 Å². The molecule has 2 aliphatic heterocycles. The molecular weight excluding hydrogens is 220 g/mol. The van der Waals surface area contributed by atoms with E-state index in [0.29, 0.717) is 0 Å². The van der Waals surface area contributed by atoms with E-state index in [1.807, 2.05) is 14.2 Å². The molecule has 16 heavy (non-hydrogen) atoms. The fourth-order valence-corrected chi connectivity index (χ4v) is 5.87. The zero-order valence-electron chi connectivity index (χ0n) is 10.6. The maximum atomic E-state index is 5.83. The van der Waals surface area contributed by atoms with Gasteiger partial charge in [0.05, 0.1) is 6.17 Å². The maximum absolute atomic E-state index is 5.83. The third kappa shape index (κ3) is 2.48. The lowest BCUT2D eigenvalue weighted by atomic mass is 10.4. The third-order valence-corrected chi connectivity index (χ3v) is 7.38. The van der Waals surface area contributed by atoms with Gasteiger partial charge >= 0.3 is 8.72 Å². The number of hydrogen-bond acceptors (Lipinski definition) is 4. The van der Waals surface area contributed by atoms with Gasteiger partial charge in [0.2, 0.25) is 0 Å². The maximum Gasteiger partial charge on any atom is 0.441 e. The summed E-state index contributed by atoms with van der Waals surface area (Å²) in [5.74, 6) is 0. The van der Waals surface area contributed by atoms with Crippen molar-refractivity contribution in [2.75, 3.05) is 46.6 Å². The summed E-state index contributed by atoms with van der Waals surface area (Å²) in [7, 11) is 1.53. The van der Waals surface area contributed by atoms with E-state index in [2.05, 4.69) is 9.47 Å². The predicted octanol–water partition coefficient (Wildman–Crippen LogP) is 0.949. The van der Waals surface area contributed by atoms with E-state index in [1.165, 1.54) is 38.8 Å². The molecule has 4 nitrogen and oxygen atoms in total. The monoisotopic (exact) mass is 244 g/mol. The molecule has 0 aliphatic carbocycles. The van der Waals surface area contributed by atoms with Crippen LogP contribution in [0.15, 0.2) is 0 Å². The molecule has 0 aromatic carbocycles. The molecule has 0 N–H and O–H groups in total. The normalized spacial score (nSPS) is 24.4. The molecule has 0 amide bonds. The Labute approximate surface area is 99.8 Å². The summed E-state index contributed by atoms with van der Waals surface area (Å²) in [5, 5.41) is 0. The van der Waals surface area contributed by atoms with E-state index in [4.69, 9.17) is 8.85 Å². The van der Waals surface area contributed by atoms with Crippen LogP contribution in [0.3, 0.4) is 0 Å². The van der Waals surface area contributed by atoms with Gasteiger partial charge in [-0.05, 0) is 51.9 Å². The van der Waals surface area contributed by atoms with Crippen molar-refractivity contribution in [3.63, 3.8) is 0 Å². The van der Waals surface area contributed by atoms with Crippen molar-refractivity contribution < 1.29 is 8.85 Å². The fourth-order valence-electron chi connectivity index (χ4n) is 2.85. The van der Waals surface area contributed by atoms with Crippen LogP contribution in [-0.4, -0.2) is 64.8 Å². The molecule has 0 atom stereocenters. The van der Waals surface area contributed by atoms with E-state index >= 15 is 0 Å². The van der Waals surface area contributed by atoms with Crippen LogP contribution in [0.5, 0.6) is 0 Å². The van der Waals surface area contributed by atoms with E-state index in [0.717, 1.165) is 19.3 Å². The van der Waals surface area contributed by atoms with Crippen LogP contribution < -0.4 is 0 Å². The van der Waals surface area contributed by atoms with Crippen LogP contribution in [0.4, 0.5) is 0 Å². The Kier molecular flexibility index (Phi) is 4.38. The van der Waals surface area contributed by atoms with Gasteiger partial charge in [0, 0.05) is 14.2 Å². The highest BCUT2D eigenvalue weighted by atomic mass is 28.4. The van der Waals surface area contributed by atoms with Gasteiger partial charge in [-0.2, -0.15) is 0 Å². The molecule has 0 saturated carbocycles. The lowest BCUT2D eigenvalue weighted by Crippen LogP contribution is -2.62. The summed E-state index contributed by atoms with van der Waals surface area (Å²) < 4.78 is 14.1. The summed E-state index contributed by atoms with van der Waals surface area (Å²) in [5.41, 5.74) is 0. The van der Waals surface area contributed by atoms with Crippen LogP contribution in [0.2, 0.25) is 0 Å².